The zero-order valence-electron chi connectivity index (χ0n) is 11.4. The van der Waals surface area contributed by atoms with Crippen molar-refractivity contribution in [2.45, 2.75) is 40.2 Å². The van der Waals surface area contributed by atoms with Gasteiger partial charge in [0.05, 0.1) is 6.54 Å². The minimum absolute atomic E-state index is 0.103. The SMILES string of the molecule is Cc1ccccc1Cn1[nH]c(C)c(C(C)C)c1=O. The molecule has 0 aliphatic rings. The summed E-state index contributed by atoms with van der Waals surface area (Å²) in [6.07, 6.45) is 0. The Bertz CT molecular complexity index is 605. The number of H-pyrrole nitrogens is 1. The first kappa shape index (κ1) is 12.7. The lowest BCUT2D eigenvalue weighted by atomic mass is 10.0. The molecule has 0 aliphatic carbocycles. The van der Waals surface area contributed by atoms with Gasteiger partial charge in [-0.1, -0.05) is 38.1 Å². The highest BCUT2D eigenvalue weighted by atomic mass is 16.1. The van der Waals surface area contributed by atoms with Gasteiger partial charge in [-0.05, 0) is 30.9 Å². The van der Waals surface area contributed by atoms with Crippen LogP contribution in [0.1, 0.15) is 42.1 Å². The molecule has 96 valence electrons. The number of hydrogen-bond acceptors (Lipinski definition) is 1. The van der Waals surface area contributed by atoms with Crippen LogP contribution >= 0.6 is 0 Å². The first-order valence-electron chi connectivity index (χ1n) is 6.34. The molecule has 18 heavy (non-hydrogen) atoms. The zero-order valence-corrected chi connectivity index (χ0v) is 11.4. The van der Waals surface area contributed by atoms with Gasteiger partial charge in [0.15, 0.2) is 0 Å². The average molecular weight is 244 g/mol. The number of nitrogens with zero attached hydrogens (tertiary/aromatic N) is 1. The van der Waals surface area contributed by atoms with Crippen LogP contribution in [0.2, 0.25) is 0 Å². The third kappa shape index (κ3) is 2.26. The van der Waals surface area contributed by atoms with Crippen LogP contribution in [0.5, 0.6) is 0 Å². The topological polar surface area (TPSA) is 37.8 Å². The molecule has 0 radical (unpaired) electrons. The molecule has 0 saturated carbocycles. The van der Waals surface area contributed by atoms with E-state index in [1.54, 1.807) is 4.68 Å². The van der Waals surface area contributed by atoms with Crippen molar-refractivity contribution < 1.29 is 0 Å². The Balaban J connectivity index is 2.40. The van der Waals surface area contributed by atoms with Crippen LogP contribution in [0, 0.1) is 13.8 Å². The quantitative estimate of drug-likeness (QED) is 0.885. The minimum atomic E-state index is 0.103. The summed E-state index contributed by atoms with van der Waals surface area (Å²) in [6.45, 7) is 8.75. The summed E-state index contributed by atoms with van der Waals surface area (Å²) in [5.41, 5.74) is 4.36. The monoisotopic (exact) mass is 244 g/mol. The molecule has 1 N–H and O–H groups in total. The second-order valence-corrected chi connectivity index (χ2v) is 5.12. The lowest BCUT2D eigenvalue weighted by Gasteiger charge is -2.05. The van der Waals surface area contributed by atoms with E-state index in [-0.39, 0.29) is 11.5 Å². The molecule has 1 aromatic heterocycles. The van der Waals surface area contributed by atoms with E-state index in [0.717, 1.165) is 11.3 Å². The van der Waals surface area contributed by atoms with Crippen molar-refractivity contribution >= 4 is 0 Å². The summed E-state index contributed by atoms with van der Waals surface area (Å²) in [6, 6.07) is 8.15. The molecule has 0 bridgehead atoms. The summed E-state index contributed by atoms with van der Waals surface area (Å²) >= 11 is 0. The molecule has 3 nitrogen and oxygen atoms in total. The first-order valence-corrected chi connectivity index (χ1v) is 6.34. The van der Waals surface area contributed by atoms with Crippen LogP contribution in [-0.2, 0) is 6.54 Å². The predicted octanol–water partition coefficient (Wildman–Crippen LogP) is 2.96. The molecule has 0 unspecified atom stereocenters. The van der Waals surface area contributed by atoms with E-state index < -0.39 is 0 Å². The summed E-state index contributed by atoms with van der Waals surface area (Å²) < 4.78 is 1.70. The van der Waals surface area contributed by atoms with Gasteiger partial charge in [-0.2, -0.15) is 0 Å². The molecular weight excluding hydrogens is 224 g/mol. The van der Waals surface area contributed by atoms with Crippen molar-refractivity contribution in [3.63, 3.8) is 0 Å². The maximum Gasteiger partial charge on any atom is 0.270 e. The maximum absolute atomic E-state index is 12.3. The van der Waals surface area contributed by atoms with Gasteiger partial charge >= 0.3 is 0 Å². The first-order chi connectivity index (χ1) is 8.50. The van der Waals surface area contributed by atoms with Gasteiger partial charge in [0.2, 0.25) is 0 Å². The van der Waals surface area contributed by atoms with E-state index in [9.17, 15) is 4.79 Å². The molecule has 1 heterocycles. The van der Waals surface area contributed by atoms with Crippen molar-refractivity contribution in [1.82, 2.24) is 9.78 Å². The van der Waals surface area contributed by atoms with Gasteiger partial charge in [-0.3, -0.25) is 9.89 Å². The Hall–Kier alpha value is -1.77. The highest BCUT2D eigenvalue weighted by Crippen LogP contribution is 2.14. The van der Waals surface area contributed by atoms with Crippen LogP contribution in [0.4, 0.5) is 0 Å². The second kappa shape index (κ2) is 4.84. The van der Waals surface area contributed by atoms with E-state index in [1.165, 1.54) is 11.1 Å². The fourth-order valence-corrected chi connectivity index (χ4v) is 2.37. The molecule has 2 rings (SSSR count). The summed E-state index contributed by atoms with van der Waals surface area (Å²) in [7, 11) is 0. The summed E-state index contributed by atoms with van der Waals surface area (Å²) in [5.74, 6) is 0.256. The Labute approximate surface area is 107 Å². The summed E-state index contributed by atoms with van der Waals surface area (Å²) in [4.78, 5) is 12.3. The van der Waals surface area contributed by atoms with Gasteiger partial charge in [0.25, 0.3) is 5.56 Å². The van der Waals surface area contributed by atoms with Gasteiger partial charge in [0, 0.05) is 11.3 Å². The van der Waals surface area contributed by atoms with Gasteiger partial charge in [-0.15, -0.1) is 0 Å². The maximum atomic E-state index is 12.3. The van der Waals surface area contributed by atoms with Gasteiger partial charge < -0.3 is 0 Å². The Kier molecular flexibility index (Phi) is 3.41. The minimum Gasteiger partial charge on any atom is -0.299 e. The molecule has 0 amide bonds. The van der Waals surface area contributed by atoms with Crippen molar-refractivity contribution in [2.24, 2.45) is 0 Å². The molecule has 0 fully saturated rings. The lowest BCUT2D eigenvalue weighted by molar-refractivity contribution is 0.653. The number of rotatable bonds is 3. The van der Waals surface area contributed by atoms with E-state index in [2.05, 4.69) is 38.0 Å². The van der Waals surface area contributed by atoms with Crippen molar-refractivity contribution in [3.05, 3.63) is 57.0 Å². The van der Waals surface area contributed by atoms with Crippen molar-refractivity contribution in [1.29, 1.82) is 0 Å². The van der Waals surface area contributed by atoms with Crippen LogP contribution in [0.25, 0.3) is 0 Å². The third-order valence-corrected chi connectivity index (χ3v) is 3.35. The molecular formula is C15H20N2O. The number of nitrogens with one attached hydrogen (secondary N) is 1. The number of aromatic nitrogens is 2. The molecule has 0 atom stereocenters. The lowest BCUT2D eigenvalue weighted by Crippen LogP contribution is -2.20. The summed E-state index contributed by atoms with van der Waals surface area (Å²) in [5, 5.41) is 3.17. The standard InChI is InChI=1S/C15H20N2O/c1-10(2)14-12(4)16-17(15(14)18)9-13-8-6-5-7-11(13)3/h5-8,10,16H,9H2,1-4H3. The Morgan fingerprint density at radius 2 is 1.89 bits per heavy atom. The smallest absolute Gasteiger partial charge is 0.270 e. The molecule has 1 aromatic carbocycles. The van der Waals surface area contributed by atoms with Crippen LogP contribution in [-0.4, -0.2) is 9.78 Å². The molecule has 0 spiro atoms. The van der Waals surface area contributed by atoms with Crippen LogP contribution < -0.4 is 5.56 Å². The predicted molar refractivity (Wildman–Crippen MR) is 74.2 cm³/mol. The molecule has 2 aromatic rings. The number of benzene rings is 1. The zero-order chi connectivity index (χ0) is 13.3. The normalized spacial score (nSPS) is 11.2. The highest BCUT2D eigenvalue weighted by Gasteiger charge is 2.14. The van der Waals surface area contributed by atoms with E-state index in [0.29, 0.717) is 6.54 Å². The van der Waals surface area contributed by atoms with Gasteiger partial charge in [-0.25, -0.2) is 4.68 Å². The fraction of sp³-hybridized carbons (Fsp3) is 0.400. The molecule has 0 aliphatic heterocycles. The largest absolute Gasteiger partial charge is 0.299 e. The number of aryl methyl sites for hydroxylation is 2. The van der Waals surface area contributed by atoms with E-state index >= 15 is 0 Å². The average Bonchev–Trinajstić information content (AvgIpc) is 2.57. The van der Waals surface area contributed by atoms with Crippen molar-refractivity contribution in [2.75, 3.05) is 0 Å². The van der Waals surface area contributed by atoms with Crippen molar-refractivity contribution in [3.8, 4) is 0 Å². The van der Waals surface area contributed by atoms with Crippen LogP contribution in [0.3, 0.4) is 0 Å². The molecule has 0 saturated heterocycles. The number of aromatic amines is 1. The second-order valence-electron chi connectivity index (χ2n) is 5.12. The number of hydrogen-bond donors (Lipinski definition) is 1. The highest BCUT2D eigenvalue weighted by molar-refractivity contribution is 5.26. The Morgan fingerprint density at radius 1 is 1.22 bits per heavy atom. The van der Waals surface area contributed by atoms with E-state index in [1.807, 2.05) is 19.1 Å². The third-order valence-electron chi connectivity index (χ3n) is 3.35. The van der Waals surface area contributed by atoms with Crippen LogP contribution in [0.15, 0.2) is 29.1 Å². The molecule has 3 heteroatoms. The Morgan fingerprint density at radius 3 is 2.44 bits per heavy atom. The van der Waals surface area contributed by atoms with Gasteiger partial charge in [0.1, 0.15) is 0 Å². The fourth-order valence-electron chi connectivity index (χ4n) is 2.37. The van der Waals surface area contributed by atoms with E-state index in [4.69, 9.17) is 0 Å².